The number of unbranched alkanes of at least 4 members (excludes halogenated alkanes) is 7. The monoisotopic (exact) mass is 308 g/mol. The Balaban J connectivity index is 2.01. The highest BCUT2D eigenvalue weighted by Crippen LogP contribution is 2.07. The minimum atomic E-state index is 0.633. The summed E-state index contributed by atoms with van der Waals surface area (Å²) in [7, 11) is 3.68. The first-order valence-corrected chi connectivity index (χ1v) is 8.55. The molecule has 0 unspecified atom stereocenters. The summed E-state index contributed by atoms with van der Waals surface area (Å²) in [4.78, 5) is 8.40. The average Bonchev–Trinajstić information content (AvgIpc) is 2.94. The van der Waals surface area contributed by atoms with Gasteiger partial charge in [0.1, 0.15) is 12.2 Å². The molecule has 22 heavy (non-hydrogen) atoms. The third-order valence-electron chi connectivity index (χ3n) is 3.77. The molecule has 0 fully saturated rings. The van der Waals surface area contributed by atoms with E-state index in [1.54, 1.807) is 18.1 Å². The average molecular weight is 308 g/mol. The van der Waals surface area contributed by atoms with Crippen molar-refractivity contribution in [1.29, 1.82) is 0 Å². The fourth-order valence-corrected chi connectivity index (χ4v) is 2.33. The lowest BCUT2D eigenvalue weighted by molar-refractivity contribution is 0.571. The van der Waals surface area contributed by atoms with E-state index in [9.17, 15) is 0 Å². The Kier molecular flexibility index (Phi) is 10.1. The molecule has 0 saturated carbocycles. The molecule has 0 aliphatic rings. The molecule has 0 aliphatic heterocycles. The molecule has 0 radical (unpaired) electrons. The number of aromatic nitrogens is 3. The van der Waals surface area contributed by atoms with Crippen LogP contribution in [0.5, 0.6) is 0 Å². The van der Waals surface area contributed by atoms with Crippen molar-refractivity contribution in [2.24, 2.45) is 12.0 Å². The summed E-state index contributed by atoms with van der Waals surface area (Å²) < 4.78 is 1.76. The van der Waals surface area contributed by atoms with Crippen LogP contribution < -0.4 is 10.6 Å². The Morgan fingerprint density at radius 1 is 1.09 bits per heavy atom. The van der Waals surface area contributed by atoms with E-state index in [-0.39, 0.29) is 0 Å². The molecule has 0 spiro atoms. The van der Waals surface area contributed by atoms with Crippen molar-refractivity contribution >= 4 is 5.96 Å². The summed E-state index contributed by atoms with van der Waals surface area (Å²) in [5.41, 5.74) is 0. The van der Waals surface area contributed by atoms with Gasteiger partial charge in [-0.2, -0.15) is 5.10 Å². The minimum absolute atomic E-state index is 0.633. The lowest BCUT2D eigenvalue weighted by Crippen LogP contribution is -2.37. The van der Waals surface area contributed by atoms with Crippen LogP contribution in [0.1, 0.15) is 64.1 Å². The Morgan fingerprint density at radius 2 is 1.77 bits per heavy atom. The van der Waals surface area contributed by atoms with Gasteiger partial charge in [-0.05, 0) is 6.42 Å². The Labute approximate surface area is 134 Å². The fraction of sp³-hybridized carbons (Fsp3) is 0.812. The van der Waals surface area contributed by atoms with Crippen LogP contribution in [-0.2, 0) is 13.6 Å². The van der Waals surface area contributed by atoms with Crippen LogP contribution in [0.15, 0.2) is 11.3 Å². The van der Waals surface area contributed by atoms with Gasteiger partial charge >= 0.3 is 0 Å². The van der Waals surface area contributed by atoms with Gasteiger partial charge in [0, 0.05) is 20.6 Å². The highest BCUT2D eigenvalue weighted by atomic mass is 15.3. The van der Waals surface area contributed by atoms with Gasteiger partial charge in [0.15, 0.2) is 5.96 Å². The van der Waals surface area contributed by atoms with Crippen LogP contribution in [0, 0.1) is 0 Å². The third kappa shape index (κ3) is 8.00. The molecule has 0 atom stereocenters. The van der Waals surface area contributed by atoms with Crippen molar-refractivity contribution in [3.05, 3.63) is 12.2 Å². The Morgan fingerprint density at radius 3 is 2.36 bits per heavy atom. The number of aryl methyl sites for hydroxylation is 1. The number of hydrogen-bond acceptors (Lipinski definition) is 3. The fourth-order valence-electron chi connectivity index (χ4n) is 2.33. The van der Waals surface area contributed by atoms with E-state index in [1.807, 2.05) is 7.05 Å². The van der Waals surface area contributed by atoms with Gasteiger partial charge in [0.25, 0.3) is 0 Å². The summed E-state index contributed by atoms with van der Waals surface area (Å²) in [6, 6.07) is 0. The molecule has 2 N–H and O–H groups in total. The van der Waals surface area contributed by atoms with Crippen LogP contribution in [-0.4, -0.2) is 34.3 Å². The molecular weight excluding hydrogens is 276 g/mol. The molecule has 1 aromatic heterocycles. The highest BCUT2D eigenvalue weighted by Gasteiger charge is 2.02. The maximum Gasteiger partial charge on any atom is 0.191 e. The molecule has 1 heterocycles. The van der Waals surface area contributed by atoms with Gasteiger partial charge in [0.2, 0.25) is 0 Å². The normalized spacial score (nSPS) is 11.7. The van der Waals surface area contributed by atoms with Gasteiger partial charge in [-0.1, -0.05) is 51.9 Å². The summed E-state index contributed by atoms with van der Waals surface area (Å²) in [5.74, 6) is 1.72. The first-order valence-electron chi connectivity index (χ1n) is 8.55. The van der Waals surface area contributed by atoms with Crippen LogP contribution in [0.4, 0.5) is 0 Å². The lowest BCUT2D eigenvalue weighted by atomic mass is 10.1. The van der Waals surface area contributed by atoms with Crippen molar-refractivity contribution < 1.29 is 0 Å². The predicted octanol–water partition coefficient (Wildman–Crippen LogP) is 2.62. The lowest BCUT2D eigenvalue weighted by Gasteiger charge is -2.11. The summed E-state index contributed by atoms with van der Waals surface area (Å²) >= 11 is 0. The van der Waals surface area contributed by atoms with E-state index in [4.69, 9.17) is 0 Å². The van der Waals surface area contributed by atoms with Crippen LogP contribution in [0.2, 0.25) is 0 Å². The number of rotatable bonds is 11. The largest absolute Gasteiger partial charge is 0.356 e. The zero-order valence-electron chi connectivity index (χ0n) is 14.4. The second-order valence-corrected chi connectivity index (χ2v) is 5.63. The van der Waals surface area contributed by atoms with E-state index >= 15 is 0 Å². The smallest absolute Gasteiger partial charge is 0.191 e. The predicted molar refractivity (Wildman–Crippen MR) is 91.8 cm³/mol. The highest BCUT2D eigenvalue weighted by molar-refractivity contribution is 5.79. The van der Waals surface area contributed by atoms with E-state index in [0.717, 1.165) is 18.3 Å². The minimum Gasteiger partial charge on any atom is -0.356 e. The van der Waals surface area contributed by atoms with Gasteiger partial charge in [-0.3, -0.25) is 9.67 Å². The molecular formula is C16H32N6. The molecule has 0 aromatic carbocycles. The van der Waals surface area contributed by atoms with Crippen LogP contribution >= 0.6 is 0 Å². The number of hydrogen-bond donors (Lipinski definition) is 2. The van der Waals surface area contributed by atoms with Gasteiger partial charge in [-0.25, -0.2) is 4.98 Å². The Hall–Kier alpha value is -1.59. The second-order valence-electron chi connectivity index (χ2n) is 5.63. The molecule has 1 aromatic rings. The van der Waals surface area contributed by atoms with Crippen molar-refractivity contribution in [2.75, 3.05) is 13.6 Å². The van der Waals surface area contributed by atoms with Crippen molar-refractivity contribution in [2.45, 2.75) is 64.8 Å². The number of guanidine groups is 1. The first-order chi connectivity index (χ1) is 10.8. The Bertz CT molecular complexity index is 413. The van der Waals surface area contributed by atoms with Gasteiger partial charge in [-0.15, -0.1) is 0 Å². The molecule has 126 valence electrons. The van der Waals surface area contributed by atoms with Crippen molar-refractivity contribution in [1.82, 2.24) is 25.4 Å². The SMILES string of the molecule is CCCCCCCCCCNC(=NC)NCc1ncnn1C. The van der Waals surface area contributed by atoms with Crippen molar-refractivity contribution in [3.8, 4) is 0 Å². The van der Waals surface area contributed by atoms with E-state index in [0.29, 0.717) is 6.54 Å². The first kappa shape index (κ1) is 18.5. The quantitative estimate of drug-likeness (QED) is 0.375. The number of nitrogens with one attached hydrogen (secondary N) is 2. The molecule has 0 amide bonds. The maximum absolute atomic E-state index is 4.22. The summed E-state index contributed by atoms with van der Waals surface area (Å²) in [5, 5.41) is 10.6. The summed E-state index contributed by atoms with van der Waals surface area (Å²) in [6.45, 7) is 3.86. The zero-order valence-corrected chi connectivity index (χ0v) is 14.4. The van der Waals surface area contributed by atoms with Gasteiger partial charge < -0.3 is 10.6 Å². The topological polar surface area (TPSA) is 67.1 Å². The molecule has 6 nitrogen and oxygen atoms in total. The van der Waals surface area contributed by atoms with Crippen molar-refractivity contribution in [3.63, 3.8) is 0 Å². The molecule has 6 heteroatoms. The number of nitrogens with zero attached hydrogens (tertiary/aromatic N) is 4. The summed E-state index contributed by atoms with van der Waals surface area (Å²) in [6.07, 6.45) is 12.3. The molecule has 0 aliphatic carbocycles. The molecule has 1 rings (SSSR count). The van der Waals surface area contributed by atoms with E-state index in [2.05, 4.69) is 32.6 Å². The van der Waals surface area contributed by atoms with Crippen LogP contribution in [0.3, 0.4) is 0 Å². The standard InChI is InChI=1S/C16H32N6/c1-4-5-6-7-8-9-10-11-12-18-16(17-2)19-13-15-20-14-21-22(15)3/h14H,4-13H2,1-3H3,(H2,17,18,19). The second kappa shape index (κ2) is 12.0. The molecule has 0 bridgehead atoms. The van der Waals surface area contributed by atoms with Crippen LogP contribution in [0.25, 0.3) is 0 Å². The van der Waals surface area contributed by atoms with E-state index in [1.165, 1.54) is 51.4 Å². The van der Waals surface area contributed by atoms with Gasteiger partial charge in [0.05, 0.1) is 6.54 Å². The molecule has 0 saturated heterocycles. The zero-order chi connectivity index (χ0) is 16.0. The number of aliphatic imine (C=N–C) groups is 1. The maximum atomic E-state index is 4.22. The van der Waals surface area contributed by atoms with E-state index < -0.39 is 0 Å². The third-order valence-corrected chi connectivity index (χ3v) is 3.77.